The SMILES string of the molecule is Cc1noc(C)c1C(=O)N1CCN(c2cccc[nH+]2)CC1. The Labute approximate surface area is 123 Å². The van der Waals surface area contributed by atoms with E-state index in [2.05, 4.69) is 15.0 Å². The van der Waals surface area contributed by atoms with Crippen LogP contribution in [0.4, 0.5) is 5.82 Å². The van der Waals surface area contributed by atoms with Crippen molar-refractivity contribution in [3.05, 3.63) is 41.4 Å². The molecule has 0 bridgehead atoms. The molecule has 0 aromatic carbocycles. The molecular weight excluding hydrogens is 268 g/mol. The van der Waals surface area contributed by atoms with Gasteiger partial charge in [-0.15, -0.1) is 0 Å². The quantitative estimate of drug-likeness (QED) is 0.829. The van der Waals surface area contributed by atoms with Crippen LogP contribution >= 0.6 is 0 Å². The van der Waals surface area contributed by atoms with Gasteiger partial charge in [0.1, 0.15) is 24.4 Å². The lowest BCUT2D eigenvalue weighted by atomic mass is 10.1. The molecule has 3 heterocycles. The zero-order chi connectivity index (χ0) is 14.8. The predicted molar refractivity (Wildman–Crippen MR) is 77.1 cm³/mol. The van der Waals surface area contributed by atoms with E-state index in [9.17, 15) is 4.79 Å². The second kappa shape index (κ2) is 5.55. The normalized spacial score (nSPS) is 15.3. The number of anilines is 1. The first-order chi connectivity index (χ1) is 10.2. The molecule has 6 heteroatoms. The number of piperazine rings is 1. The summed E-state index contributed by atoms with van der Waals surface area (Å²) in [7, 11) is 0. The van der Waals surface area contributed by atoms with Crippen LogP contribution in [0.3, 0.4) is 0 Å². The largest absolute Gasteiger partial charge is 0.361 e. The number of rotatable bonds is 2. The maximum Gasteiger partial charge on any atom is 0.274 e. The van der Waals surface area contributed by atoms with Crippen molar-refractivity contribution in [2.45, 2.75) is 13.8 Å². The summed E-state index contributed by atoms with van der Waals surface area (Å²) < 4.78 is 5.08. The van der Waals surface area contributed by atoms with Crippen LogP contribution in [0.1, 0.15) is 21.8 Å². The van der Waals surface area contributed by atoms with Gasteiger partial charge in [0.25, 0.3) is 11.7 Å². The van der Waals surface area contributed by atoms with Crippen LogP contribution in [0.5, 0.6) is 0 Å². The second-order valence-electron chi connectivity index (χ2n) is 5.23. The van der Waals surface area contributed by atoms with E-state index >= 15 is 0 Å². The van der Waals surface area contributed by atoms with Crippen LogP contribution in [0.25, 0.3) is 0 Å². The third-order valence-electron chi connectivity index (χ3n) is 3.85. The molecule has 2 aromatic rings. The molecule has 1 amide bonds. The molecule has 2 aromatic heterocycles. The number of carbonyl (C=O) groups is 1. The number of hydrogen-bond donors (Lipinski definition) is 0. The monoisotopic (exact) mass is 287 g/mol. The lowest BCUT2D eigenvalue weighted by Crippen LogP contribution is -2.50. The smallest absolute Gasteiger partial charge is 0.274 e. The molecule has 0 atom stereocenters. The summed E-state index contributed by atoms with van der Waals surface area (Å²) in [4.78, 5) is 19.9. The molecule has 0 aliphatic carbocycles. The minimum atomic E-state index is 0.0166. The van der Waals surface area contributed by atoms with Crippen LogP contribution in [-0.2, 0) is 0 Å². The molecule has 0 radical (unpaired) electrons. The second-order valence-corrected chi connectivity index (χ2v) is 5.23. The van der Waals surface area contributed by atoms with Crippen molar-refractivity contribution in [1.29, 1.82) is 0 Å². The molecule has 1 fully saturated rings. The fourth-order valence-corrected chi connectivity index (χ4v) is 2.68. The van der Waals surface area contributed by atoms with E-state index in [0.717, 1.165) is 18.9 Å². The minimum Gasteiger partial charge on any atom is -0.361 e. The molecule has 21 heavy (non-hydrogen) atoms. The van der Waals surface area contributed by atoms with Gasteiger partial charge in [-0.25, -0.2) is 4.98 Å². The summed E-state index contributed by atoms with van der Waals surface area (Å²) >= 11 is 0. The summed E-state index contributed by atoms with van der Waals surface area (Å²) in [5.41, 5.74) is 1.27. The Morgan fingerprint density at radius 1 is 1.24 bits per heavy atom. The van der Waals surface area contributed by atoms with Crippen molar-refractivity contribution in [1.82, 2.24) is 10.1 Å². The number of amides is 1. The van der Waals surface area contributed by atoms with Gasteiger partial charge in [0, 0.05) is 6.07 Å². The Hall–Kier alpha value is -2.37. The molecule has 1 aliphatic rings. The van der Waals surface area contributed by atoms with Crippen molar-refractivity contribution in [3.8, 4) is 0 Å². The van der Waals surface area contributed by atoms with Crippen LogP contribution in [0.2, 0.25) is 0 Å². The van der Waals surface area contributed by atoms with Gasteiger partial charge < -0.3 is 9.42 Å². The molecular formula is C15H19N4O2+. The highest BCUT2D eigenvalue weighted by Crippen LogP contribution is 2.17. The van der Waals surface area contributed by atoms with E-state index in [-0.39, 0.29) is 5.91 Å². The summed E-state index contributed by atoms with van der Waals surface area (Å²) in [5, 5.41) is 3.86. The van der Waals surface area contributed by atoms with Crippen LogP contribution < -0.4 is 9.88 Å². The third-order valence-corrected chi connectivity index (χ3v) is 3.85. The van der Waals surface area contributed by atoms with Gasteiger partial charge in [0.15, 0.2) is 0 Å². The molecule has 6 nitrogen and oxygen atoms in total. The summed E-state index contributed by atoms with van der Waals surface area (Å²) in [6, 6.07) is 6.01. The first-order valence-corrected chi connectivity index (χ1v) is 7.10. The Balaban J connectivity index is 1.68. The first-order valence-electron chi connectivity index (χ1n) is 7.10. The van der Waals surface area contributed by atoms with E-state index < -0.39 is 0 Å². The number of aromatic nitrogens is 2. The average molecular weight is 287 g/mol. The van der Waals surface area contributed by atoms with Crippen LogP contribution in [0.15, 0.2) is 28.9 Å². The fraction of sp³-hybridized carbons (Fsp3) is 0.400. The van der Waals surface area contributed by atoms with Crippen molar-refractivity contribution < 1.29 is 14.3 Å². The van der Waals surface area contributed by atoms with Gasteiger partial charge in [-0.3, -0.25) is 9.69 Å². The highest BCUT2D eigenvalue weighted by atomic mass is 16.5. The Bertz CT molecular complexity index is 611. The predicted octanol–water partition coefficient (Wildman–Crippen LogP) is 1.07. The minimum absolute atomic E-state index is 0.0166. The van der Waals surface area contributed by atoms with E-state index in [1.54, 1.807) is 13.8 Å². The van der Waals surface area contributed by atoms with Crippen molar-refractivity contribution in [2.24, 2.45) is 0 Å². The molecule has 3 rings (SSSR count). The summed E-state index contributed by atoms with van der Waals surface area (Å²) in [6.45, 7) is 6.61. The van der Waals surface area contributed by atoms with E-state index in [0.29, 0.717) is 30.1 Å². The van der Waals surface area contributed by atoms with Gasteiger partial charge in [-0.2, -0.15) is 0 Å². The Kier molecular flexibility index (Phi) is 3.60. The Morgan fingerprint density at radius 2 is 2.00 bits per heavy atom. The van der Waals surface area contributed by atoms with Crippen LogP contribution in [-0.4, -0.2) is 42.1 Å². The third kappa shape index (κ3) is 2.61. The van der Waals surface area contributed by atoms with Crippen molar-refractivity contribution >= 4 is 11.7 Å². The fourth-order valence-electron chi connectivity index (χ4n) is 2.68. The number of carbonyl (C=O) groups excluding carboxylic acids is 1. The first kappa shape index (κ1) is 13.6. The standard InChI is InChI=1S/C15H18N4O2/c1-11-14(12(2)21-17-11)15(20)19-9-7-18(8-10-19)13-5-3-4-6-16-13/h3-6H,7-10H2,1-2H3/p+1. The number of hydrogen-bond acceptors (Lipinski definition) is 4. The number of aryl methyl sites for hydroxylation is 2. The van der Waals surface area contributed by atoms with Gasteiger partial charge in [0.2, 0.25) is 0 Å². The topological polar surface area (TPSA) is 63.7 Å². The zero-order valence-electron chi connectivity index (χ0n) is 12.3. The van der Waals surface area contributed by atoms with E-state index in [1.807, 2.05) is 29.3 Å². The molecule has 110 valence electrons. The lowest BCUT2D eigenvalue weighted by molar-refractivity contribution is -0.364. The van der Waals surface area contributed by atoms with Crippen molar-refractivity contribution in [2.75, 3.05) is 31.1 Å². The van der Waals surface area contributed by atoms with Gasteiger partial charge in [0.05, 0.1) is 25.0 Å². The molecule has 1 aliphatic heterocycles. The highest BCUT2D eigenvalue weighted by molar-refractivity contribution is 5.96. The molecule has 0 saturated carbocycles. The summed E-state index contributed by atoms with van der Waals surface area (Å²) in [6.07, 6.45) is 1.91. The van der Waals surface area contributed by atoms with Gasteiger partial charge in [-0.1, -0.05) is 11.2 Å². The Morgan fingerprint density at radius 3 is 2.57 bits per heavy atom. The number of pyridine rings is 1. The van der Waals surface area contributed by atoms with Gasteiger partial charge >= 0.3 is 0 Å². The summed E-state index contributed by atoms with van der Waals surface area (Å²) in [5.74, 6) is 1.70. The van der Waals surface area contributed by atoms with E-state index in [4.69, 9.17) is 4.52 Å². The number of aromatic amines is 1. The molecule has 1 N–H and O–H groups in total. The lowest BCUT2D eigenvalue weighted by Gasteiger charge is -2.30. The van der Waals surface area contributed by atoms with Crippen molar-refractivity contribution in [3.63, 3.8) is 0 Å². The maximum absolute atomic E-state index is 12.5. The average Bonchev–Trinajstić information content (AvgIpc) is 2.87. The highest BCUT2D eigenvalue weighted by Gasteiger charge is 2.29. The molecule has 0 unspecified atom stereocenters. The van der Waals surface area contributed by atoms with E-state index in [1.165, 1.54) is 0 Å². The number of H-pyrrole nitrogens is 1. The molecule has 0 spiro atoms. The number of nitrogens with zero attached hydrogens (tertiary/aromatic N) is 3. The van der Waals surface area contributed by atoms with Gasteiger partial charge in [-0.05, 0) is 19.9 Å². The molecule has 1 saturated heterocycles. The number of nitrogens with one attached hydrogen (secondary N) is 1. The van der Waals surface area contributed by atoms with Crippen LogP contribution in [0, 0.1) is 13.8 Å². The maximum atomic E-state index is 12.5. The zero-order valence-corrected chi connectivity index (χ0v) is 12.3.